The van der Waals surface area contributed by atoms with E-state index in [1.165, 1.54) is 11.3 Å². The third-order valence-electron chi connectivity index (χ3n) is 8.34. The molecule has 252 valence electrons. The lowest BCUT2D eigenvalue weighted by Gasteiger charge is -2.29. The second kappa shape index (κ2) is 12.7. The van der Waals surface area contributed by atoms with Gasteiger partial charge in [0.05, 0.1) is 6.61 Å². The van der Waals surface area contributed by atoms with E-state index < -0.39 is 54.0 Å². The van der Waals surface area contributed by atoms with Crippen molar-refractivity contribution in [3.8, 4) is 0 Å². The molecule has 6 rings (SSSR count). The molecule has 5 aliphatic rings. The molecule has 5 aliphatic heterocycles. The Kier molecular flexibility index (Phi) is 9.33. The number of rotatable bonds is 12. The van der Waals surface area contributed by atoms with Crippen LogP contribution in [0, 0.1) is 0 Å². The van der Waals surface area contributed by atoms with Gasteiger partial charge in [-0.05, 0) is 54.4 Å². The van der Waals surface area contributed by atoms with Gasteiger partial charge in [0.2, 0.25) is 0 Å². The van der Waals surface area contributed by atoms with Crippen molar-refractivity contribution in [2.75, 3.05) is 19.8 Å². The van der Waals surface area contributed by atoms with Gasteiger partial charge in [-0.1, -0.05) is 6.42 Å². The monoisotopic (exact) mass is 656 g/mol. The molecular weight excluding hydrogens is 612 g/mol. The van der Waals surface area contributed by atoms with Crippen LogP contribution in [0.2, 0.25) is 0 Å². The number of thiazole rings is 1. The number of nitrogens with two attached hydrogens (primary N) is 1. The zero-order chi connectivity index (χ0) is 32.1. The molecule has 0 saturated carbocycles. The van der Waals surface area contributed by atoms with Gasteiger partial charge in [-0.25, -0.2) is 4.98 Å². The lowest BCUT2D eigenvalue weighted by Crippen LogP contribution is -2.44. The van der Waals surface area contributed by atoms with E-state index in [2.05, 4.69) is 4.98 Å². The summed E-state index contributed by atoms with van der Waals surface area (Å²) in [4.78, 5) is 28.4. The summed E-state index contributed by atoms with van der Waals surface area (Å²) in [5.74, 6) is -3.22. The SMILES string of the molecule is CC1(C)O[C@H]2O[C@H]([C@H]3COC(C)(C)O3)[C@H](OCCCCCC(=O)OC[C@H]3O[C@@H](c4nc(C(N)=O)cs4)[C@@H]4OC(C)(C)O[C@@H]43)[C@H]2O1. The number of carbonyl (C=O) groups excluding carboxylic acids is 2. The maximum Gasteiger partial charge on any atom is 0.305 e. The van der Waals surface area contributed by atoms with Crippen molar-refractivity contribution < 1.29 is 57.0 Å². The number of primary amides is 1. The van der Waals surface area contributed by atoms with Crippen LogP contribution in [0.3, 0.4) is 0 Å². The summed E-state index contributed by atoms with van der Waals surface area (Å²) in [6, 6.07) is 0. The van der Waals surface area contributed by atoms with Crippen LogP contribution in [0.15, 0.2) is 5.38 Å². The Labute approximate surface area is 266 Å². The van der Waals surface area contributed by atoms with E-state index in [0.717, 1.165) is 12.8 Å². The number of fused-ring (bicyclic) bond motifs is 2. The second-order valence-corrected chi connectivity index (χ2v) is 14.3. The van der Waals surface area contributed by atoms with Crippen molar-refractivity contribution >= 4 is 23.2 Å². The number of hydrogen-bond donors (Lipinski definition) is 1. The summed E-state index contributed by atoms with van der Waals surface area (Å²) in [6.07, 6.45) is -1.57. The normalized spacial score (nSPS) is 37.5. The fourth-order valence-corrected chi connectivity index (χ4v) is 7.31. The summed E-state index contributed by atoms with van der Waals surface area (Å²) in [5.41, 5.74) is 5.53. The van der Waals surface area contributed by atoms with Crippen molar-refractivity contribution in [2.45, 2.75) is 140 Å². The molecule has 0 bridgehead atoms. The number of unbranched alkanes of at least 4 members (excludes halogenated alkanes) is 2. The molecule has 15 heteroatoms. The summed E-state index contributed by atoms with van der Waals surface area (Å²) in [6.45, 7) is 12.0. The minimum absolute atomic E-state index is 0.0148. The van der Waals surface area contributed by atoms with Gasteiger partial charge < -0.3 is 53.1 Å². The van der Waals surface area contributed by atoms with Crippen molar-refractivity contribution in [3.63, 3.8) is 0 Å². The predicted molar refractivity (Wildman–Crippen MR) is 155 cm³/mol. The third-order valence-corrected chi connectivity index (χ3v) is 9.24. The third kappa shape index (κ3) is 7.37. The van der Waals surface area contributed by atoms with Crippen LogP contribution in [-0.4, -0.2) is 103 Å². The van der Waals surface area contributed by atoms with E-state index >= 15 is 0 Å². The van der Waals surface area contributed by atoms with Crippen molar-refractivity contribution in [1.82, 2.24) is 4.98 Å². The average molecular weight is 657 g/mol. The molecular formula is C30H44N2O12S. The van der Waals surface area contributed by atoms with E-state index in [-0.39, 0.29) is 49.1 Å². The quantitative estimate of drug-likeness (QED) is 0.258. The first-order chi connectivity index (χ1) is 21.2. The number of hydrogen-bond acceptors (Lipinski definition) is 14. The van der Waals surface area contributed by atoms with E-state index in [9.17, 15) is 9.59 Å². The van der Waals surface area contributed by atoms with Gasteiger partial charge >= 0.3 is 5.97 Å². The van der Waals surface area contributed by atoms with Crippen LogP contribution in [0.25, 0.3) is 0 Å². The van der Waals surface area contributed by atoms with Crippen molar-refractivity contribution in [1.29, 1.82) is 0 Å². The van der Waals surface area contributed by atoms with E-state index in [4.69, 9.17) is 53.1 Å². The van der Waals surface area contributed by atoms with Crippen LogP contribution in [0.1, 0.15) is 88.8 Å². The molecule has 5 saturated heterocycles. The fourth-order valence-electron chi connectivity index (χ4n) is 6.43. The topological polar surface area (TPSA) is 165 Å². The molecule has 0 spiro atoms. The van der Waals surface area contributed by atoms with Crippen LogP contribution in [0.4, 0.5) is 0 Å². The van der Waals surface area contributed by atoms with Crippen molar-refractivity contribution in [3.05, 3.63) is 16.1 Å². The molecule has 45 heavy (non-hydrogen) atoms. The number of nitrogens with zero attached hydrogens (tertiary/aromatic N) is 1. The van der Waals surface area contributed by atoms with E-state index in [1.54, 1.807) is 5.38 Å². The average Bonchev–Trinajstić information content (AvgIpc) is 3.77. The smallest absolute Gasteiger partial charge is 0.305 e. The first kappa shape index (κ1) is 33.1. The first-order valence-electron chi connectivity index (χ1n) is 15.6. The van der Waals surface area contributed by atoms with Crippen LogP contribution in [-0.2, 0) is 52.2 Å². The Hall–Kier alpha value is -1.79. The molecule has 5 fully saturated rings. The van der Waals surface area contributed by atoms with Crippen LogP contribution < -0.4 is 5.73 Å². The number of amides is 1. The van der Waals surface area contributed by atoms with Gasteiger partial charge in [0.15, 0.2) is 23.7 Å². The summed E-state index contributed by atoms with van der Waals surface area (Å²) < 4.78 is 60.2. The summed E-state index contributed by atoms with van der Waals surface area (Å²) in [5, 5.41) is 2.15. The summed E-state index contributed by atoms with van der Waals surface area (Å²) in [7, 11) is 0. The Balaban J connectivity index is 0.935. The van der Waals surface area contributed by atoms with E-state index in [0.29, 0.717) is 24.6 Å². The lowest BCUT2D eigenvalue weighted by molar-refractivity contribution is -0.236. The molecule has 6 heterocycles. The Morgan fingerprint density at radius 1 is 0.911 bits per heavy atom. The first-order valence-corrected chi connectivity index (χ1v) is 16.4. The molecule has 9 atom stereocenters. The predicted octanol–water partition coefficient (Wildman–Crippen LogP) is 2.72. The zero-order valence-corrected chi connectivity index (χ0v) is 27.4. The number of esters is 1. The van der Waals surface area contributed by atoms with Gasteiger partial charge in [-0.3, -0.25) is 9.59 Å². The zero-order valence-electron chi connectivity index (χ0n) is 26.6. The molecule has 2 N–H and O–H groups in total. The maximum absolute atomic E-state index is 12.6. The molecule has 1 amide bonds. The Morgan fingerprint density at radius 2 is 1.64 bits per heavy atom. The number of aromatic nitrogens is 1. The van der Waals surface area contributed by atoms with Gasteiger partial charge in [-0.15, -0.1) is 11.3 Å². The van der Waals surface area contributed by atoms with E-state index in [1.807, 2.05) is 41.5 Å². The highest BCUT2D eigenvalue weighted by atomic mass is 32.1. The minimum Gasteiger partial charge on any atom is -0.463 e. The Morgan fingerprint density at radius 3 is 2.36 bits per heavy atom. The molecule has 0 aliphatic carbocycles. The standard InChI is InChI=1S/C30H44N2O12S/c1-28(2)37-13-17(40-28)19-21(24-27(39-19)44-30(5,6)43-24)35-11-9-7-8-10-18(33)36-12-16-20-22(42-29(3,4)41-20)23(38-16)26-32-15(14-45-26)25(31)34/h14,16-17,19-24,27H,7-13H2,1-6H3,(H2,31,34)/t16-,17-,19-,20-,21+,22-,23-,24-,27-/m1/s1. The van der Waals surface area contributed by atoms with Crippen LogP contribution in [0.5, 0.6) is 0 Å². The summed E-state index contributed by atoms with van der Waals surface area (Å²) >= 11 is 1.26. The van der Waals surface area contributed by atoms with Gasteiger partial charge in [0, 0.05) is 18.4 Å². The Bertz CT molecular complexity index is 1240. The largest absolute Gasteiger partial charge is 0.463 e. The molecule has 0 aromatic carbocycles. The minimum atomic E-state index is -0.835. The molecule has 0 unspecified atom stereocenters. The highest BCUT2D eigenvalue weighted by Gasteiger charge is 2.59. The maximum atomic E-state index is 12.6. The molecule has 1 aromatic heterocycles. The highest BCUT2D eigenvalue weighted by molar-refractivity contribution is 7.09. The molecule has 1 aromatic rings. The fraction of sp³-hybridized carbons (Fsp3) is 0.833. The number of ether oxygens (including phenoxy) is 10. The molecule has 0 radical (unpaired) electrons. The van der Waals surface area contributed by atoms with Gasteiger partial charge in [0.1, 0.15) is 66.1 Å². The molecule has 14 nitrogen and oxygen atoms in total. The van der Waals surface area contributed by atoms with Gasteiger partial charge in [-0.2, -0.15) is 0 Å². The highest BCUT2D eigenvalue weighted by Crippen LogP contribution is 2.46. The lowest BCUT2D eigenvalue weighted by atomic mass is 10.1. The van der Waals surface area contributed by atoms with Crippen molar-refractivity contribution in [2.24, 2.45) is 5.73 Å². The number of carbonyl (C=O) groups is 2. The second-order valence-electron chi connectivity index (χ2n) is 13.4. The van der Waals surface area contributed by atoms with Gasteiger partial charge in [0.25, 0.3) is 5.91 Å². The van der Waals surface area contributed by atoms with Crippen LogP contribution >= 0.6 is 11.3 Å².